The molecule has 0 aliphatic heterocycles. The third-order valence-electron chi connectivity index (χ3n) is 3.33. The zero-order chi connectivity index (χ0) is 19.4. The molecule has 1 amide bonds. The number of nitrogens with two attached hydrogens (primary N) is 1. The molecule has 26 heavy (non-hydrogen) atoms. The van der Waals surface area contributed by atoms with E-state index in [0.717, 1.165) is 15.7 Å². The third-order valence-corrected chi connectivity index (χ3v) is 7.33. The fourth-order valence-corrected chi connectivity index (χ4v) is 4.56. The van der Waals surface area contributed by atoms with Gasteiger partial charge in [-0.3, -0.25) is 9.59 Å². The highest BCUT2D eigenvalue weighted by Crippen LogP contribution is 2.41. The van der Waals surface area contributed by atoms with E-state index in [1.54, 1.807) is 0 Å². The monoisotopic (exact) mass is 412 g/mol. The first-order valence-electron chi connectivity index (χ1n) is 7.21. The Morgan fingerprint density at radius 2 is 1.65 bits per heavy atom. The number of carbonyl (C=O) groups is 2. The third kappa shape index (κ3) is 5.01. The summed E-state index contributed by atoms with van der Waals surface area (Å²) in [5.41, 5.74) is 0.264. The van der Waals surface area contributed by atoms with Crippen molar-refractivity contribution >= 4 is 49.2 Å². The minimum Gasteiger partial charge on any atom is -0.480 e. The molecule has 0 radical (unpaired) electrons. The molecule has 1 atom stereocenters. The van der Waals surface area contributed by atoms with E-state index >= 15 is 0 Å². The summed E-state index contributed by atoms with van der Waals surface area (Å²) in [5.74, 6) is -2.02. The van der Waals surface area contributed by atoms with E-state index in [4.69, 9.17) is 5.14 Å². The number of amides is 1. The zero-order valence-electron chi connectivity index (χ0n) is 13.6. The number of aliphatic carboxylic acids is 1. The molecule has 1 unspecified atom stereocenters. The fourth-order valence-electron chi connectivity index (χ4n) is 1.76. The largest absolute Gasteiger partial charge is 0.480 e. The second kappa shape index (κ2) is 8.12. The molecule has 0 spiro atoms. The Hall–Kier alpha value is -2.01. The summed E-state index contributed by atoms with van der Waals surface area (Å²) < 4.78 is 20.7. The Bertz CT molecular complexity index is 901. The van der Waals surface area contributed by atoms with Gasteiger partial charge in [0.2, 0.25) is 10.0 Å². The van der Waals surface area contributed by atoms with Crippen molar-refractivity contribution in [1.29, 1.82) is 0 Å². The lowest BCUT2D eigenvalue weighted by molar-refractivity contribution is -0.142. The molecule has 4 N–H and O–H groups in total. The van der Waals surface area contributed by atoms with Crippen molar-refractivity contribution < 1.29 is 23.1 Å². The highest BCUT2D eigenvalue weighted by molar-refractivity contribution is 8.77. The maximum absolute atomic E-state index is 12.5. The summed E-state index contributed by atoms with van der Waals surface area (Å²) in [5, 5.41) is 17.0. The van der Waals surface area contributed by atoms with E-state index in [1.165, 1.54) is 42.0 Å². The predicted octanol–water partition coefficient (Wildman–Crippen LogP) is 2.56. The second-order valence-electron chi connectivity index (χ2n) is 5.34. The first-order chi connectivity index (χ1) is 12.1. The van der Waals surface area contributed by atoms with Gasteiger partial charge in [-0.15, -0.1) is 0 Å². The van der Waals surface area contributed by atoms with Crippen molar-refractivity contribution in [3.05, 3.63) is 54.6 Å². The number of benzene rings is 2. The molecule has 2 aromatic rings. The number of anilines is 1. The van der Waals surface area contributed by atoms with Crippen LogP contribution in [0.1, 0.15) is 6.92 Å². The van der Waals surface area contributed by atoms with Crippen LogP contribution in [0.2, 0.25) is 0 Å². The Kier molecular flexibility index (Phi) is 6.34. The average Bonchev–Trinajstić information content (AvgIpc) is 2.60. The van der Waals surface area contributed by atoms with Gasteiger partial charge in [-0.25, -0.2) is 13.6 Å². The van der Waals surface area contributed by atoms with E-state index in [0.29, 0.717) is 0 Å². The minimum atomic E-state index is -3.84. The molecule has 0 saturated heterocycles. The molecule has 0 aliphatic carbocycles. The van der Waals surface area contributed by atoms with Gasteiger partial charge in [0.1, 0.15) is 0 Å². The van der Waals surface area contributed by atoms with Gasteiger partial charge in [0, 0.05) is 10.6 Å². The molecule has 2 aromatic carbocycles. The fraction of sp³-hybridized carbons (Fsp3) is 0.125. The van der Waals surface area contributed by atoms with Gasteiger partial charge in [-0.2, -0.15) is 0 Å². The van der Waals surface area contributed by atoms with E-state index in [1.807, 2.05) is 30.3 Å². The van der Waals surface area contributed by atoms with Crippen LogP contribution in [0.25, 0.3) is 0 Å². The molecule has 138 valence electrons. The Morgan fingerprint density at radius 1 is 1.08 bits per heavy atom. The second-order valence-corrected chi connectivity index (χ2v) is 9.52. The normalized spacial score (nSPS) is 13.6. The molecule has 2 rings (SSSR count). The molecule has 7 nitrogen and oxygen atoms in total. The van der Waals surface area contributed by atoms with Gasteiger partial charge in [0.05, 0.1) is 4.90 Å². The highest BCUT2D eigenvalue weighted by atomic mass is 33.1. The van der Waals surface area contributed by atoms with E-state index in [2.05, 4.69) is 5.32 Å². The van der Waals surface area contributed by atoms with Crippen molar-refractivity contribution in [2.45, 2.75) is 21.5 Å². The smallest absolute Gasteiger partial charge is 0.330 e. The number of sulfonamides is 1. The van der Waals surface area contributed by atoms with Crippen molar-refractivity contribution in [2.75, 3.05) is 5.32 Å². The van der Waals surface area contributed by atoms with Crippen LogP contribution >= 0.6 is 21.6 Å². The number of carboxylic acid groups (broad SMARTS) is 1. The standard InChI is InChI=1S/C16H16N2O5S3/c1-16(15(20)21,25-24-12-5-3-2-4-6-12)14(19)18-11-7-9-13(10-8-11)26(17,22)23/h2-10H,1H3,(H,18,19)(H,20,21)(H2,17,22,23). The Balaban J connectivity index is 2.13. The van der Waals surface area contributed by atoms with Crippen LogP contribution in [0.5, 0.6) is 0 Å². The summed E-state index contributed by atoms with van der Waals surface area (Å²) in [4.78, 5) is 24.9. The van der Waals surface area contributed by atoms with Crippen molar-refractivity contribution in [1.82, 2.24) is 0 Å². The molecule has 0 bridgehead atoms. The minimum absolute atomic E-state index is 0.106. The van der Waals surface area contributed by atoms with Gasteiger partial charge in [-0.05, 0) is 43.3 Å². The number of rotatable bonds is 7. The maximum atomic E-state index is 12.5. The molecule has 0 aliphatic rings. The van der Waals surface area contributed by atoms with Crippen LogP contribution < -0.4 is 10.5 Å². The summed E-state index contributed by atoms with van der Waals surface area (Å²) in [6.45, 7) is 1.31. The molecule has 0 saturated carbocycles. The molecule has 10 heteroatoms. The number of nitrogens with one attached hydrogen (secondary N) is 1. The van der Waals surface area contributed by atoms with E-state index < -0.39 is 26.6 Å². The lowest BCUT2D eigenvalue weighted by Gasteiger charge is -2.22. The lowest BCUT2D eigenvalue weighted by Crippen LogP contribution is -2.43. The van der Waals surface area contributed by atoms with Gasteiger partial charge in [0.25, 0.3) is 5.91 Å². The van der Waals surface area contributed by atoms with Crippen LogP contribution in [-0.4, -0.2) is 30.1 Å². The number of hydrogen-bond acceptors (Lipinski definition) is 6. The molecular formula is C16H16N2O5S3. The first kappa shape index (κ1) is 20.3. The van der Waals surface area contributed by atoms with E-state index in [-0.39, 0.29) is 10.6 Å². The molecule has 0 fully saturated rings. The van der Waals surface area contributed by atoms with Crippen LogP contribution in [0.4, 0.5) is 5.69 Å². The number of carboxylic acids is 1. The average molecular weight is 413 g/mol. The van der Waals surface area contributed by atoms with Crippen LogP contribution in [0, 0.1) is 0 Å². The number of hydrogen-bond donors (Lipinski definition) is 3. The Morgan fingerprint density at radius 3 is 2.15 bits per heavy atom. The van der Waals surface area contributed by atoms with Crippen molar-refractivity contribution in [2.24, 2.45) is 5.14 Å². The molecule has 0 heterocycles. The summed E-state index contributed by atoms with van der Waals surface area (Å²) >= 11 is 0. The Labute approximate surface area is 158 Å². The lowest BCUT2D eigenvalue weighted by atomic mass is 10.1. The number of carbonyl (C=O) groups excluding carboxylic acids is 1. The molecular weight excluding hydrogens is 396 g/mol. The van der Waals surface area contributed by atoms with Gasteiger partial charge < -0.3 is 10.4 Å². The quantitative estimate of drug-likeness (QED) is 0.471. The van der Waals surface area contributed by atoms with Crippen LogP contribution in [0.15, 0.2) is 64.4 Å². The van der Waals surface area contributed by atoms with E-state index in [9.17, 15) is 23.1 Å². The SMILES string of the molecule is CC(SSc1ccccc1)(C(=O)O)C(=O)Nc1ccc(S(N)(=O)=O)cc1. The first-order valence-corrected chi connectivity index (χ1v) is 10.9. The molecule has 0 aromatic heterocycles. The predicted molar refractivity (Wildman–Crippen MR) is 102 cm³/mol. The topological polar surface area (TPSA) is 127 Å². The van der Waals surface area contributed by atoms with Crippen LogP contribution in [-0.2, 0) is 19.6 Å². The van der Waals surface area contributed by atoms with Crippen LogP contribution in [0.3, 0.4) is 0 Å². The van der Waals surface area contributed by atoms with Gasteiger partial charge in [0.15, 0.2) is 4.75 Å². The highest BCUT2D eigenvalue weighted by Gasteiger charge is 2.43. The summed E-state index contributed by atoms with van der Waals surface area (Å²) in [6.07, 6.45) is 0. The van der Waals surface area contributed by atoms with Crippen molar-refractivity contribution in [3.8, 4) is 0 Å². The maximum Gasteiger partial charge on any atom is 0.330 e. The summed E-state index contributed by atoms with van der Waals surface area (Å²) in [7, 11) is -1.75. The summed E-state index contributed by atoms with van der Waals surface area (Å²) in [6, 6.07) is 14.2. The van der Waals surface area contributed by atoms with Gasteiger partial charge >= 0.3 is 5.97 Å². The number of primary sulfonamides is 1. The van der Waals surface area contributed by atoms with Gasteiger partial charge in [-0.1, -0.05) is 39.8 Å². The van der Waals surface area contributed by atoms with Crippen molar-refractivity contribution in [3.63, 3.8) is 0 Å². The zero-order valence-corrected chi connectivity index (χ0v) is 16.0.